The van der Waals surface area contributed by atoms with Crippen LogP contribution in [0.5, 0.6) is 0 Å². The number of carbonyl (C=O) groups is 1. The number of nitrogens with one attached hydrogen (secondary N) is 2. The summed E-state index contributed by atoms with van der Waals surface area (Å²) < 4.78 is 29.6. The Hall–Kier alpha value is -2.00. The van der Waals surface area contributed by atoms with Gasteiger partial charge in [0.25, 0.3) is 5.91 Å². The van der Waals surface area contributed by atoms with Gasteiger partial charge in [-0.15, -0.1) is 6.58 Å². The van der Waals surface area contributed by atoms with Gasteiger partial charge >= 0.3 is 0 Å². The van der Waals surface area contributed by atoms with Crippen LogP contribution in [0.2, 0.25) is 0 Å². The number of sulfonamides is 1. The zero-order valence-corrected chi connectivity index (χ0v) is 16.8. The van der Waals surface area contributed by atoms with Gasteiger partial charge in [0.15, 0.2) is 0 Å². The van der Waals surface area contributed by atoms with E-state index in [9.17, 15) is 18.4 Å². The second-order valence-electron chi connectivity index (χ2n) is 6.50. The molecular weight excluding hydrogens is 432 g/mol. The van der Waals surface area contributed by atoms with E-state index in [0.717, 1.165) is 15.6 Å². The molecule has 1 amide bonds. The first kappa shape index (κ1) is 19.8. The lowest BCUT2D eigenvalue weighted by Gasteiger charge is -2.29. The van der Waals surface area contributed by atoms with Gasteiger partial charge in [-0.25, -0.2) is 13.9 Å². The Morgan fingerprint density at radius 1 is 1.15 bits per heavy atom. The third-order valence-corrected chi connectivity index (χ3v) is 7.06. The van der Waals surface area contributed by atoms with Crippen LogP contribution in [0.3, 0.4) is 0 Å². The van der Waals surface area contributed by atoms with E-state index in [0.29, 0.717) is 5.56 Å². The third-order valence-electron chi connectivity index (χ3n) is 4.72. The van der Waals surface area contributed by atoms with Crippen molar-refractivity contribution in [1.82, 2.24) is 10.2 Å². The number of benzene rings is 2. The minimum Gasteiger partial charge on any atom is -0.289 e. The molecule has 6 nitrogen and oxygen atoms in total. The fraction of sp³-hybridized carbons (Fsp3) is 0.211. The van der Waals surface area contributed by atoms with Crippen molar-refractivity contribution < 1.29 is 18.4 Å². The van der Waals surface area contributed by atoms with E-state index in [1.165, 1.54) is 6.08 Å². The van der Waals surface area contributed by atoms with Crippen LogP contribution in [0.1, 0.15) is 21.9 Å². The summed E-state index contributed by atoms with van der Waals surface area (Å²) in [5, 5.41) is 8.18. The first-order chi connectivity index (χ1) is 12.8. The van der Waals surface area contributed by atoms with Crippen LogP contribution in [-0.2, 0) is 27.7 Å². The van der Waals surface area contributed by atoms with E-state index in [2.05, 4.69) is 27.2 Å². The van der Waals surface area contributed by atoms with Crippen molar-refractivity contribution in [2.24, 2.45) is 0 Å². The number of fused-ring (bicyclic) bond motifs is 1. The van der Waals surface area contributed by atoms with Crippen molar-refractivity contribution >= 4 is 31.9 Å². The molecule has 0 radical (unpaired) electrons. The van der Waals surface area contributed by atoms with Crippen molar-refractivity contribution in [3.8, 4) is 0 Å². The summed E-state index contributed by atoms with van der Waals surface area (Å²) in [6.07, 6.45) is 1.62. The van der Waals surface area contributed by atoms with Gasteiger partial charge in [0.2, 0.25) is 10.0 Å². The van der Waals surface area contributed by atoms with Crippen LogP contribution in [-0.4, -0.2) is 25.1 Å². The maximum atomic E-state index is 13.1. The highest BCUT2D eigenvalue weighted by Crippen LogP contribution is 2.33. The fourth-order valence-corrected chi connectivity index (χ4v) is 5.37. The number of hydrogen-bond acceptors (Lipinski definition) is 4. The van der Waals surface area contributed by atoms with Gasteiger partial charge in [-0.2, -0.15) is 4.72 Å². The molecule has 142 valence electrons. The van der Waals surface area contributed by atoms with Gasteiger partial charge in [0.05, 0.1) is 0 Å². The summed E-state index contributed by atoms with van der Waals surface area (Å²) in [4.78, 5) is 12.5. The second kappa shape index (κ2) is 7.55. The van der Waals surface area contributed by atoms with E-state index in [4.69, 9.17) is 0 Å². The Balaban J connectivity index is 1.97. The predicted molar refractivity (Wildman–Crippen MR) is 106 cm³/mol. The number of halogens is 1. The SMILES string of the molecule is C=CC(c1ccc(Br)cc1)S(=O)(=O)NC1(C(=O)NO)Cc2ccccc2C1. The average Bonchev–Trinajstić information content (AvgIpc) is 3.01. The van der Waals surface area contributed by atoms with E-state index in [-0.39, 0.29) is 12.8 Å². The molecule has 0 spiro atoms. The Kier molecular flexibility index (Phi) is 5.53. The zero-order valence-electron chi connectivity index (χ0n) is 14.4. The minimum atomic E-state index is -4.01. The molecule has 2 aromatic rings. The smallest absolute Gasteiger partial charge is 0.265 e. The Morgan fingerprint density at radius 2 is 1.70 bits per heavy atom. The van der Waals surface area contributed by atoms with Gasteiger partial charge in [0, 0.05) is 17.3 Å². The topological polar surface area (TPSA) is 95.5 Å². The fourth-order valence-electron chi connectivity index (χ4n) is 3.43. The normalized spacial score (nSPS) is 16.4. The molecule has 0 aliphatic heterocycles. The zero-order chi connectivity index (χ0) is 19.7. The van der Waals surface area contributed by atoms with Crippen LogP contribution in [0.4, 0.5) is 0 Å². The molecule has 3 N–H and O–H groups in total. The maximum Gasteiger partial charge on any atom is 0.265 e. The van der Waals surface area contributed by atoms with Crippen LogP contribution < -0.4 is 10.2 Å². The molecule has 1 unspecified atom stereocenters. The van der Waals surface area contributed by atoms with Crippen LogP contribution in [0, 0.1) is 0 Å². The van der Waals surface area contributed by atoms with Crippen molar-refractivity contribution in [2.45, 2.75) is 23.6 Å². The quantitative estimate of drug-likeness (QED) is 0.358. The molecule has 0 aromatic heterocycles. The highest BCUT2D eigenvalue weighted by Gasteiger charge is 2.47. The monoisotopic (exact) mass is 450 g/mol. The number of amides is 1. The Labute approximate surface area is 166 Å². The van der Waals surface area contributed by atoms with Gasteiger partial charge in [-0.3, -0.25) is 10.0 Å². The van der Waals surface area contributed by atoms with Gasteiger partial charge < -0.3 is 0 Å². The maximum absolute atomic E-state index is 13.1. The standard InChI is InChI=1S/C19H19BrN2O4S/c1-2-17(13-7-9-16(20)10-8-13)27(25,26)22-19(18(23)21-24)11-14-5-3-4-6-15(14)12-19/h2-10,17,22,24H,1,11-12H2,(H,21,23). The predicted octanol–water partition coefficient (Wildman–Crippen LogP) is 2.64. The average molecular weight is 451 g/mol. The number of carbonyl (C=O) groups excluding carboxylic acids is 1. The van der Waals surface area contributed by atoms with E-state index < -0.39 is 26.7 Å². The van der Waals surface area contributed by atoms with Crippen LogP contribution >= 0.6 is 15.9 Å². The van der Waals surface area contributed by atoms with Crippen LogP contribution in [0.15, 0.2) is 65.7 Å². The molecule has 3 rings (SSSR count). The van der Waals surface area contributed by atoms with Crippen molar-refractivity contribution in [1.29, 1.82) is 0 Å². The highest BCUT2D eigenvalue weighted by molar-refractivity contribution is 9.10. The molecule has 1 atom stereocenters. The Bertz CT molecular complexity index is 948. The molecular formula is C19H19BrN2O4S. The van der Waals surface area contributed by atoms with Gasteiger partial charge in [0.1, 0.15) is 10.8 Å². The lowest BCUT2D eigenvalue weighted by atomic mass is 9.96. The minimum absolute atomic E-state index is 0.152. The van der Waals surface area contributed by atoms with Crippen molar-refractivity contribution in [2.75, 3.05) is 0 Å². The molecule has 1 aliphatic rings. The summed E-state index contributed by atoms with van der Waals surface area (Å²) >= 11 is 3.32. The molecule has 0 fully saturated rings. The first-order valence-electron chi connectivity index (χ1n) is 8.23. The summed E-state index contributed by atoms with van der Waals surface area (Å²) in [5.74, 6) is -0.791. The number of hydrogen-bond donors (Lipinski definition) is 3. The molecule has 0 heterocycles. The molecule has 0 saturated heterocycles. The molecule has 2 aromatic carbocycles. The summed E-state index contributed by atoms with van der Waals surface area (Å²) in [6, 6.07) is 14.2. The molecule has 8 heteroatoms. The second-order valence-corrected chi connectivity index (χ2v) is 9.22. The number of hydroxylamine groups is 1. The first-order valence-corrected chi connectivity index (χ1v) is 10.6. The highest BCUT2D eigenvalue weighted by atomic mass is 79.9. The summed E-state index contributed by atoms with van der Waals surface area (Å²) in [6.45, 7) is 3.65. The molecule has 27 heavy (non-hydrogen) atoms. The van der Waals surface area contributed by atoms with Gasteiger partial charge in [-0.1, -0.05) is 58.4 Å². The van der Waals surface area contributed by atoms with E-state index >= 15 is 0 Å². The molecule has 0 bridgehead atoms. The summed E-state index contributed by atoms with van der Waals surface area (Å²) in [5.41, 5.74) is 2.37. The van der Waals surface area contributed by atoms with E-state index in [1.807, 2.05) is 24.3 Å². The van der Waals surface area contributed by atoms with E-state index in [1.54, 1.807) is 29.7 Å². The number of rotatable bonds is 6. The molecule has 0 saturated carbocycles. The lowest BCUT2D eigenvalue weighted by Crippen LogP contribution is -2.59. The van der Waals surface area contributed by atoms with Crippen LogP contribution in [0.25, 0.3) is 0 Å². The molecule has 1 aliphatic carbocycles. The summed E-state index contributed by atoms with van der Waals surface area (Å²) in [7, 11) is -4.01. The van der Waals surface area contributed by atoms with Gasteiger partial charge in [-0.05, 0) is 28.8 Å². The lowest BCUT2D eigenvalue weighted by molar-refractivity contribution is -0.135. The largest absolute Gasteiger partial charge is 0.289 e. The Morgan fingerprint density at radius 3 is 2.19 bits per heavy atom. The van der Waals surface area contributed by atoms with Crippen molar-refractivity contribution in [3.63, 3.8) is 0 Å². The third kappa shape index (κ3) is 3.84. The van der Waals surface area contributed by atoms with Crippen molar-refractivity contribution in [3.05, 3.63) is 82.3 Å².